The van der Waals surface area contributed by atoms with Crippen LogP contribution in [0.2, 0.25) is 0 Å². The molecule has 2 aliphatic rings. The Hall–Kier alpha value is -1.55. The number of nitrogens with two attached hydrogens (primary N) is 1. The second-order valence-electron chi connectivity index (χ2n) is 5.46. The first kappa shape index (κ1) is 12.5. The average molecular weight is 260 g/mol. The molecule has 1 aliphatic carbocycles. The highest BCUT2D eigenvalue weighted by atomic mass is 16.5. The van der Waals surface area contributed by atoms with Crippen molar-refractivity contribution in [1.29, 1.82) is 0 Å². The molecule has 2 unspecified atom stereocenters. The van der Waals surface area contributed by atoms with E-state index in [4.69, 9.17) is 10.5 Å². The van der Waals surface area contributed by atoms with Gasteiger partial charge in [0, 0.05) is 12.3 Å². The molecule has 4 nitrogen and oxygen atoms in total. The lowest BCUT2D eigenvalue weighted by molar-refractivity contribution is -0.124. The fourth-order valence-corrected chi connectivity index (χ4v) is 3.05. The molecule has 0 bridgehead atoms. The van der Waals surface area contributed by atoms with E-state index >= 15 is 0 Å². The molecule has 0 saturated carbocycles. The van der Waals surface area contributed by atoms with Gasteiger partial charge in [0.05, 0.1) is 18.6 Å². The molecule has 1 heterocycles. The van der Waals surface area contributed by atoms with Crippen molar-refractivity contribution in [3.8, 4) is 0 Å². The first-order valence-corrected chi connectivity index (χ1v) is 7.01. The van der Waals surface area contributed by atoms with E-state index in [1.807, 2.05) is 18.2 Å². The Balaban J connectivity index is 1.61. The van der Waals surface area contributed by atoms with E-state index in [-0.39, 0.29) is 18.1 Å². The molecule has 1 aromatic rings. The second-order valence-corrected chi connectivity index (χ2v) is 5.46. The summed E-state index contributed by atoms with van der Waals surface area (Å²) in [6, 6.07) is 6.10. The third-order valence-corrected chi connectivity index (χ3v) is 4.02. The number of benzene rings is 1. The van der Waals surface area contributed by atoms with Crippen LogP contribution in [0.25, 0.3) is 0 Å². The molecule has 1 amide bonds. The van der Waals surface area contributed by atoms with Crippen LogP contribution in [0.5, 0.6) is 0 Å². The Morgan fingerprint density at radius 1 is 1.42 bits per heavy atom. The number of hydrogen-bond acceptors (Lipinski definition) is 3. The van der Waals surface area contributed by atoms with Crippen molar-refractivity contribution in [3.05, 3.63) is 29.3 Å². The second kappa shape index (κ2) is 5.21. The average Bonchev–Trinajstić information content (AvgIpc) is 2.99. The zero-order valence-corrected chi connectivity index (χ0v) is 11.0. The van der Waals surface area contributed by atoms with E-state index in [0.717, 1.165) is 38.0 Å². The van der Waals surface area contributed by atoms with E-state index in [9.17, 15) is 4.79 Å². The molecule has 3 N–H and O–H groups in total. The molecule has 0 radical (unpaired) electrons. The Bertz CT molecular complexity index is 481. The molecule has 1 aliphatic heterocycles. The predicted molar refractivity (Wildman–Crippen MR) is 73.7 cm³/mol. The van der Waals surface area contributed by atoms with Crippen LogP contribution in [-0.2, 0) is 16.0 Å². The number of fused-ring (bicyclic) bond motifs is 1. The molecule has 1 aromatic carbocycles. The Morgan fingerprint density at radius 3 is 3.11 bits per heavy atom. The maximum atomic E-state index is 12.0. The lowest BCUT2D eigenvalue weighted by Crippen LogP contribution is -2.30. The molecular weight excluding hydrogens is 240 g/mol. The van der Waals surface area contributed by atoms with Crippen LogP contribution < -0.4 is 11.1 Å². The van der Waals surface area contributed by atoms with Gasteiger partial charge in [0.15, 0.2) is 0 Å². The maximum Gasteiger partial charge on any atom is 0.223 e. The van der Waals surface area contributed by atoms with Crippen molar-refractivity contribution in [3.63, 3.8) is 0 Å². The summed E-state index contributed by atoms with van der Waals surface area (Å²) in [6.07, 6.45) is 4.64. The standard InChI is InChI=1S/C15H20N2O2/c16-11-4-5-13-10(8-11)3-6-14(13)17-15(18)9-12-2-1-7-19-12/h4-5,8,12,14H,1-3,6-7,9,16H2,(H,17,18). The van der Waals surface area contributed by atoms with Crippen molar-refractivity contribution < 1.29 is 9.53 Å². The normalized spacial score (nSPS) is 25.3. The summed E-state index contributed by atoms with van der Waals surface area (Å²) in [6.45, 7) is 0.795. The van der Waals surface area contributed by atoms with Crippen molar-refractivity contribution in [2.75, 3.05) is 12.3 Å². The summed E-state index contributed by atoms with van der Waals surface area (Å²) >= 11 is 0. The van der Waals surface area contributed by atoms with Gasteiger partial charge in [-0.2, -0.15) is 0 Å². The van der Waals surface area contributed by atoms with E-state index in [0.29, 0.717) is 6.42 Å². The minimum atomic E-state index is 0.0987. The molecule has 1 fully saturated rings. The quantitative estimate of drug-likeness (QED) is 0.816. The van der Waals surface area contributed by atoms with E-state index in [1.165, 1.54) is 11.1 Å². The molecule has 19 heavy (non-hydrogen) atoms. The summed E-state index contributed by atoms with van der Waals surface area (Å²) in [5.74, 6) is 0.0987. The molecule has 3 rings (SSSR count). The third-order valence-electron chi connectivity index (χ3n) is 4.02. The van der Waals surface area contributed by atoms with E-state index in [1.54, 1.807) is 0 Å². The number of amides is 1. The molecule has 0 spiro atoms. The van der Waals surface area contributed by atoms with Gasteiger partial charge in [-0.25, -0.2) is 0 Å². The third kappa shape index (κ3) is 2.73. The Morgan fingerprint density at radius 2 is 2.32 bits per heavy atom. The maximum absolute atomic E-state index is 12.0. The highest BCUT2D eigenvalue weighted by Crippen LogP contribution is 2.32. The minimum Gasteiger partial charge on any atom is -0.399 e. The van der Waals surface area contributed by atoms with Crippen LogP contribution >= 0.6 is 0 Å². The highest BCUT2D eigenvalue weighted by Gasteiger charge is 2.26. The molecule has 102 valence electrons. The van der Waals surface area contributed by atoms with Gasteiger partial charge in [-0.05, 0) is 48.9 Å². The number of carbonyl (C=O) groups excluding carboxylic acids is 1. The highest BCUT2D eigenvalue weighted by molar-refractivity contribution is 5.77. The van der Waals surface area contributed by atoms with E-state index in [2.05, 4.69) is 5.32 Å². The van der Waals surface area contributed by atoms with Crippen LogP contribution in [-0.4, -0.2) is 18.6 Å². The number of ether oxygens (including phenoxy) is 1. The first-order chi connectivity index (χ1) is 9.22. The van der Waals surface area contributed by atoms with Crippen molar-refractivity contribution in [2.24, 2.45) is 0 Å². The fourth-order valence-electron chi connectivity index (χ4n) is 3.05. The SMILES string of the molecule is Nc1ccc2c(c1)CCC2NC(=O)CC1CCCO1. The largest absolute Gasteiger partial charge is 0.399 e. The number of anilines is 1. The van der Waals surface area contributed by atoms with Crippen molar-refractivity contribution >= 4 is 11.6 Å². The van der Waals surface area contributed by atoms with Gasteiger partial charge < -0.3 is 15.8 Å². The van der Waals surface area contributed by atoms with Gasteiger partial charge in [0.1, 0.15) is 0 Å². The van der Waals surface area contributed by atoms with Gasteiger partial charge >= 0.3 is 0 Å². The van der Waals surface area contributed by atoms with Crippen LogP contribution in [0.3, 0.4) is 0 Å². The van der Waals surface area contributed by atoms with Crippen LogP contribution in [0, 0.1) is 0 Å². The summed E-state index contributed by atoms with van der Waals surface area (Å²) in [4.78, 5) is 12.0. The zero-order valence-electron chi connectivity index (χ0n) is 11.0. The number of nitrogens with one attached hydrogen (secondary N) is 1. The van der Waals surface area contributed by atoms with Gasteiger partial charge in [-0.1, -0.05) is 6.07 Å². The topological polar surface area (TPSA) is 64.3 Å². The summed E-state index contributed by atoms with van der Waals surface area (Å²) in [5, 5.41) is 3.12. The first-order valence-electron chi connectivity index (χ1n) is 7.01. The Kier molecular flexibility index (Phi) is 3.42. The van der Waals surface area contributed by atoms with E-state index < -0.39 is 0 Å². The van der Waals surface area contributed by atoms with Gasteiger partial charge in [0.25, 0.3) is 0 Å². The van der Waals surface area contributed by atoms with Gasteiger partial charge in [0.2, 0.25) is 5.91 Å². The molecule has 1 saturated heterocycles. The number of aryl methyl sites for hydroxylation is 1. The zero-order chi connectivity index (χ0) is 13.2. The van der Waals surface area contributed by atoms with Crippen LogP contribution in [0.15, 0.2) is 18.2 Å². The summed E-state index contributed by atoms with van der Waals surface area (Å²) in [5.41, 5.74) is 9.06. The Labute approximate surface area is 113 Å². The molecular formula is C15H20N2O2. The lowest BCUT2D eigenvalue weighted by Gasteiger charge is -2.16. The number of hydrogen-bond donors (Lipinski definition) is 2. The van der Waals surface area contributed by atoms with Crippen molar-refractivity contribution in [2.45, 2.75) is 44.2 Å². The molecule has 4 heteroatoms. The summed E-state index contributed by atoms with van der Waals surface area (Å²) in [7, 11) is 0. The number of nitrogen functional groups attached to an aromatic ring is 1. The summed E-state index contributed by atoms with van der Waals surface area (Å²) < 4.78 is 5.50. The van der Waals surface area contributed by atoms with Crippen molar-refractivity contribution in [1.82, 2.24) is 5.32 Å². The molecule has 0 aromatic heterocycles. The van der Waals surface area contributed by atoms with Gasteiger partial charge in [-0.3, -0.25) is 4.79 Å². The number of rotatable bonds is 3. The molecule has 2 atom stereocenters. The smallest absolute Gasteiger partial charge is 0.223 e. The van der Waals surface area contributed by atoms with Gasteiger partial charge in [-0.15, -0.1) is 0 Å². The lowest BCUT2D eigenvalue weighted by atomic mass is 10.1. The van der Waals surface area contributed by atoms with Crippen LogP contribution in [0.1, 0.15) is 42.9 Å². The van der Waals surface area contributed by atoms with Crippen LogP contribution in [0.4, 0.5) is 5.69 Å². The minimum absolute atomic E-state index is 0.0987. The monoisotopic (exact) mass is 260 g/mol. The fraction of sp³-hybridized carbons (Fsp3) is 0.533. The predicted octanol–water partition coefficient (Wildman–Crippen LogP) is 1.94. The number of carbonyl (C=O) groups is 1.